The van der Waals surface area contributed by atoms with Crippen LogP contribution >= 0.6 is 11.8 Å². The fourth-order valence-electron chi connectivity index (χ4n) is 2.41. The summed E-state index contributed by atoms with van der Waals surface area (Å²) in [4.78, 5) is 22.6. The summed E-state index contributed by atoms with van der Waals surface area (Å²) in [5, 5.41) is 2.83. The number of benzene rings is 1. The molecule has 3 aromatic rings. The summed E-state index contributed by atoms with van der Waals surface area (Å²) in [6.07, 6.45) is 1.54. The van der Waals surface area contributed by atoms with E-state index in [1.807, 2.05) is 57.2 Å². The van der Waals surface area contributed by atoms with E-state index in [0.29, 0.717) is 23.2 Å². The van der Waals surface area contributed by atoms with Crippen LogP contribution in [0.5, 0.6) is 0 Å². The highest BCUT2D eigenvalue weighted by Gasteiger charge is 2.17. The molecule has 0 bridgehead atoms. The number of thioether (sulfide) groups is 1. The van der Waals surface area contributed by atoms with Gasteiger partial charge in [-0.25, -0.2) is 9.97 Å². The standard InChI is InChI=1S/C20H21N3O2S/c1-13(2)19-21-14(3)11-17(22-19)23-20(24)18-15(9-10-25-18)12-26-16-7-5-4-6-8-16/h4-11,13H,12H2,1-3H3,(H,21,22,23,24). The molecule has 0 aliphatic carbocycles. The second kappa shape index (κ2) is 8.19. The fraction of sp³-hybridized carbons (Fsp3) is 0.250. The molecule has 0 aliphatic heterocycles. The molecule has 0 radical (unpaired) electrons. The maximum absolute atomic E-state index is 12.6. The highest BCUT2D eigenvalue weighted by atomic mass is 32.2. The van der Waals surface area contributed by atoms with Gasteiger partial charge in [-0.1, -0.05) is 32.0 Å². The van der Waals surface area contributed by atoms with E-state index in [1.54, 1.807) is 24.1 Å². The molecule has 0 fully saturated rings. The van der Waals surface area contributed by atoms with Gasteiger partial charge < -0.3 is 9.73 Å². The van der Waals surface area contributed by atoms with Crippen molar-refractivity contribution in [1.82, 2.24) is 9.97 Å². The summed E-state index contributed by atoms with van der Waals surface area (Å²) in [6.45, 7) is 5.93. The second-order valence-electron chi connectivity index (χ2n) is 6.24. The zero-order valence-electron chi connectivity index (χ0n) is 15.0. The SMILES string of the molecule is Cc1cc(NC(=O)c2occc2CSc2ccccc2)nc(C(C)C)n1. The lowest BCUT2D eigenvalue weighted by molar-refractivity contribution is 0.0995. The molecule has 26 heavy (non-hydrogen) atoms. The molecule has 0 saturated carbocycles. The summed E-state index contributed by atoms with van der Waals surface area (Å²) in [5.41, 5.74) is 1.67. The van der Waals surface area contributed by atoms with Gasteiger partial charge in [-0.3, -0.25) is 4.79 Å². The number of hydrogen-bond donors (Lipinski definition) is 1. The van der Waals surface area contributed by atoms with E-state index < -0.39 is 0 Å². The maximum atomic E-state index is 12.6. The normalized spacial score (nSPS) is 10.9. The van der Waals surface area contributed by atoms with Gasteiger partial charge in [0.15, 0.2) is 5.76 Å². The van der Waals surface area contributed by atoms with Crippen molar-refractivity contribution in [2.75, 3.05) is 5.32 Å². The first kappa shape index (κ1) is 18.2. The van der Waals surface area contributed by atoms with Gasteiger partial charge in [-0.2, -0.15) is 0 Å². The van der Waals surface area contributed by atoms with Crippen LogP contribution in [0.15, 0.2) is 58.0 Å². The van der Waals surface area contributed by atoms with Gasteiger partial charge in [0, 0.05) is 33.9 Å². The van der Waals surface area contributed by atoms with Crippen LogP contribution in [0.2, 0.25) is 0 Å². The molecule has 2 aromatic heterocycles. The lowest BCUT2D eigenvalue weighted by Crippen LogP contribution is -2.15. The van der Waals surface area contributed by atoms with Gasteiger partial charge in [0.05, 0.1) is 6.26 Å². The molecule has 0 unspecified atom stereocenters. The van der Waals surface area contributed by atoms with Crippen LogP contribution in [0.4, 0.5) is 5.82 Å². The second-order valence-corrected chi connectivity index (χ2v) is 7.29. The van der Waals surface area contributed by atoms with Crippen molar-refractivity contribution in [3.63, 3.8) is 0 Å². The van der Waals surface area contributed by atoms with Gasteiger partial charge in [-0.15, -0.1) is 11.8 Å². The Hall–Kier alpha value is -2.60. The van der Waals surface area contributed by atoms with E-state index >= 15 is 0 Å². The van der Waals surface area contributed by atoms with Gasteiger partial charge >= 0.3 is 0 Å². The number of hydrogen-bond acceptors (Lipinski definition) is 5. The number of aromatic nitrogens is 2. The first-order valence-corrected chi connectivity index (χ1v) is 9.42. The predicted molar refractivity (Wildman–Crippen MR) is 104 cm³/mol. The molecule has 5 nitrogen and oxygen atoms in total. The Kier molecular flexibility index (Phi) is 5.73. The molecule has 1 aromatic carbocycles. The van der Waals surface area contributed by atoms with Crippen molar-refractivity contribution in [2.45, 2.75) is 37.3 Å². The van der Waals surface area contributed by atoms with Gasteiger partial charge in [-0.05, 0) is 25.1 Å². The van der Waals surface area contributed by atoms with Crippen LogP contribution in [0.25, 0.3) is 0 Å². The number of carbonyl (C=O) groups is 1. The van der Waals surface area contributed by atoms with Crippen molar-refractivity contribution in [2.24, 2.45) is 0 Å². The first-order valence-electron chi connectivity index (χ1n) is 8.44. The Morgan fingerprint density at radius 2 is 1.96 bits per heavy atom. The smallest absolute Gasteiger partial charge is 0.292 e. The fourth-order valence-corrected chi connectivity index (χ4v) is 3.31. The highest BCUT2D eigenvalue weighted by molar-refractivity contribution is 7.98. The number of aryl methyl sites for hydroxylation is 1. The van der Waals surface area contributed by atoms with Crippen molar-refractivity contribution in [3.8, 4) is 0 Å². The lowest BCUT2D eigenvalue weighted by Gasteiger charge is -2.09. The Labute approximate surface area is 157 Å². The third-order valence-electron chi connectivity index (χ3n) is 3.72. The largest absolute Gasteiger partial charge is 0.459 e. The van der Waals surface area contributed by atoms with Crippen LogP contribution in [0, 0.1) is 6.92 Å². The molecule has 0 atom stereocenters. The minimum Gasteiger partial charge on any atom is -0.459 e. The van der Waals surface area contributed by atoms with E-state index in [0.717, 1.165) is 16.2 Å². The van der Waals surface area contributed by atoms with Crippen LogP contribution in [0.3, 0.4) is 0 Å². The molecule has 3 rings (SSSR count). The zero-order chi connectivity index (χ0) is 18.5. The number of rotatable bonds is 6. The van der Waals surface area contributed by atoms with Crippen molar-refractivity contribution >= 4 is 23.5 Å². The zero-order valence-corrected chi connectivity index (χ0v) is 15.8. The monoisotopic (exact) mass is 367 g/mol. The van der Waals surface area contributed by atoms with Crippen molar-refractivity contribution in [1.29, 1.82) is 0 Å². The van der Waals surface area contributed by atoms with Crippen LogP contribution in [-0.2, 0) is 5.75 Å². The molecule has 1 amide bonds. The van der Waals surface area contributed by atoms with Crippen molar-refractivity contribution < 1.29 is 9.21 Å². The van der Waals surface area contributed by atoms with Crippen LogP contribution in [0.1, 0.15) is 47.4 Å². The molecule has 0 saturated heterocycles. The molecule has 0 spiro atoms. The number of furan rings is 1. The molecule has 1 N–H and O–H groups in total. The molecule has 0 aliphatic rings. The molecular formula is C20H21N3O2S. The Bertz CT molecular complexity index is 891. The topological polar surface area (TPSA) is 68.0 Å². The van der Waals surface area contributed by atoms with Crippen LogP contribution in [-0.4, -0.2) is 15.9 Å². The van der Waals surface area contributed by atoms with E-state index in [2.05, 4.69) is 15.3 Å². The quantitative estimate of drug-likeness (QED) is 0.618. The average molecular weight is 367 g/mol. The Balaban J connectivity index is 1.72. The maximum Gasteiger partial charge on any atom is 0.292 e. The van der Waals surface area contributed by atoms with E-state index in [-0.39, 0.29) is 11.8 Å². The number of anilines is 1. The summed E-state index contributed by atoms with van der Waals surface area (Å²) in [5.74, 6) is 2.06. The summed E-state index contributed by atoms with van der Waals surface area (Å²) < 4.78 is 5.43. The number of nitrogens with zero attached hydrogens (tertiary/aromatic N) is 2. The minimum absolute atomic E-state index is 0.187. The number of amides is 1. The first-order chi connectivity index (χ1) is 12.5. The van der Waals surface area contributed by atoms with E-state index in [9.17, 15) is 4.79 Å². The lowest BCUT2D eigenvalue weighted by atomic mass is 10.2. The Morgan fingerprint density at radius 1 is 1.19 bits per heavy atom. The van der Waals surface area contributed by atoms with Gasteiger partial charge in [0.25, 0.3) is 5.91 Å². The van der Waals surface area contributed by atoms with Gasteiger partial charge in [0.1, 0.15) is 11.6 Å². The summed E-state index contributed by atoms with van der Waals surface area (Å²) in [6, 6.07) is 13.6. The molecule has 6 heteroatoms. The predicted octanol–water partition coefficient (Wildman–Crippen LogP) is 5.05. The number of nitrogens with one attached hydrogen (secondary N) is 1. The summed E-state index contributed by atoms with van der Waals surface area (Å²) >= 11 is 1.66. The van der Waals surface area contributed by atoms with E-state index in [1.165, 1.54) is 0 Å². The average Bonchev–Trinajstić information content (AvgIpc) is 3.09. The van der Waals surface area contributed by atoms with E-state index in [4.69, 9.17) is 4.42 Å². The van der Waals surface area contributed by atoms with Gasteiger partial charge in [0.2, 0.25) is 0 Å². The molecular weight excluding hydrogens is 346 g/mol. The number of carbonyl (C=O) groups excluding carboxylic acids is 1. The third kappa shape index (κ3) is 4.52. The van der Waals surface area contributed by atoms with Crippen molar-refractivity contribution in [3.05, 3.63) is 71.6 Å². The molecule has 134 valence electrons. The van der Waals surface area contributed by atoms with Crippen LogP contribution < -0.4 is 5.32 Å². The highest BCUT2D eigenvalue weighted by Crippen LogP contribution is 2.25. The summed E-state index contributed by atoms with van der Waals surface area (Å²) in [7, 11) is 0. The Morgan fingerprint density at radius 3 is 2.69 bits per heavy atom. The minimum atomic E-state index is -0.300. The third-order valence-corrected chi connectivity index (χ3v) is 4.78. The molecule has 2 heterocycles.